The predicted octanol–water partition coefficient (Wildman–Crippen LogP) is 4.02. The highest BCUT2D eigenvalue weighted by molar-refractivity contribution is 9.10. The number of carbonyl (C=O) groups is 1. The van der Waals surface area contributed by atoms with E-state index in [0.717, 1.165) is 9.54 Å². The first-order chi connectivity index (χ1) is 13.4. The summed E-state index contributed by atoms with van der Waals surface area (Å²) in [6.07, 6.45) is 1.73. The Labute approximate surface area is 177 Å². The lowest BCUT2D eigenvalue weighted by molar-refractivity contribution is 0.0947. The minimum atomic E-state index is -3.85. The van der Waals surface area contributed by atoms with Gasteiger partial charge in [-0.25, -0.2) is 27.2 Å². The lowest BCUT2D eigenvalue weighted by Crippen LogP contribution is -2.44. The first-order valence-electron chi connectivity index (χ1n) is 8.76. The number of aromatic nitrogens is 3. The van der Waals surface area contributed by atoms with Crippen LogP contribution in [-0.2, 0) is 16.6 Å². The van der Waals surface area contributed by atoms with E-state index in [2.05, 4.69) is 25.9 Å². The number of halogens is 1. The largest absolute Gasteiger partial charge is 0.465 e. The Balaban J connectivity index is 2.06. The summed E-state index contributed by atoms with van der Waals surface area (Å²) >= 11 is 3.35. The Morgan fingerprint density at radius 3 is 2.41 bits per heavy atom. The molecule has 0 atom stereocenters. The molecule has 1 amide bonds. The number of fused-ring (bicyclic) bond motifs is 1. The molecule has 0 bridgehead atoms. The van der Waals surface area contributed by atoms with Crippen LogP contribution in [0.3, 0.4) is 0 Å². The van der Waals surface area contributed by atoms with Gasteiger partial charge in [-0.05, 0) is 55.8 Å². The van der Waals surface area contributed by atoms with Gasteiger partial charge in [0.25, 0.3) is 10.0 Å². The zero-order valence-corrected chi connectivity index (χ0v) is 18.8. The zero-order chi connectivity index (χ0) is 21.6. The van der Waals surface area contributed by atoms with Crippen LogP contribution >= 0.6 is 15.9 Å². The molecule has 3 rings (SSSR count). The fourth-order valence-corrected chi connectivity index (χ4v) is 4.72. The SMILES string of the molecule is Cc1ccc(S(=O)(=O)n2cc(Br)c3nc(CN(C(=O)O)C(C)(C)C)cnc32)cc1. The molecule has 0 fully saturated rings. The molecule has 10 heteroatoms. The molecule has 1 aromatic carbocycles. The average Bonchev–Trinajstić information content (AvgIpc) is 2.96. The smallest absolute Gasteiger partial charge is 0.408 e. The van der Waals surface area contributed by atoms with Gasteiger partial charge < -0.3 is 5.11 Å². The van der Waals surface area contributed by atoms with E-state index in [0.29, 0.717) is 15.7 Å². The third-order valence-electron chi connectivity index (χ3n) is 4.41. The number of rotatable bonds is 4. The van der Waals surface area contributed by atoms with Crippen molar-refractivity contribution in [3.63, 3.8) is 0 Å². The van der Waals surface area contributed by atoms with Crippen molar-refractivity contribution in [3.8, 4) is 0 Å². The van der Waals surface area contributed by atoms with E-state index in [-0.39, 0.29) is 17.1 Å². The molecule has 0 saturated carbocycles. The van der Waals surface area contributed by atoms with Crippen molar-refractivity contribution >= 4 is 43.2 Å². The summed E-state index contributed by atoms with van der Waals surface area (Å²) in [6, 6.07) is 6.54. The standard InChI is InChI=1S/C19H21BrN4O4S/c1-12-5-7-14(8-6-12)29(27,28)24-11-15(20)16-17(24)21-9-13(22-16)10-23(18(25)26)19(2,3)4/h5-9,11H,10H2,1-4H3,(H,25,26). The summed E-state index contributed by atoms with van der Waals surface area (Å²) in [5.41, 5.74) is 1.26. The van der Waals surface area contributed by atoms with Crippen molar-refractivity contribution in [1.82, 2.24) is 18.8 Å². The molecule has 1 N–H and O–H groups in total. The van der Waals surface area contributed by atoms with Crippen molar-refractivity contribution in [2.75, 3.05) is 0 Å². The molecule has 0 radical (unpaired) electrons. The molecule has 0 aliphatic carbocycles. The van der Waals surface area contributed by atoms with Crippen LogP contribution in [0.25, 0.3) is 11.2 Å². The van der Waals surface area contributed by atoms with Gasteiger partial charge >= 0.3 is 6.09 Å². The number of aryl methyl sites for hydroxylation is 1. The molecule has 3 aromatic rings. The maximum atomic E-state index is 13.0. The molecule has 29 heavy (non-hydrogen) atoms. The van der Waals surface area contributed by atoms with Gasteiger partial charge in [0.2, 0.25) is 0 Å². The van der Waals surface area contributed by atoms with E-state index in [1.807, 2.05) is 6.92 Å². The first kappa shape index (κ1) is 21.3. The highest BCUT2D eigenvalue weighted by Gasteiger charge is 2.28. The maximum Gasteiger partial charge on any atom is 0.408 e. The van der Waals surface area contributed by atoms with Gasteiger partial charge in [0, 0.05) is 11.7 Å². The number of nitrogens with zero attached hydrogens (tertiary/aromatic N) is 4. The summed E-state index contributed by atoms with van der Waals surface area (Å²) in [6.45, 7) is 7.27. The van der Waals surface area contributed by atoms with E-state index >= 15 is 0 Å². The van der Waals surface area contributed by atoms with Gasteiger partial charge in [-0.15, -0.1) is 0 Å². The summed E-state index contributed by atoms with van der Waals surface area (Å²) in [5, 5.41) is 9.48. The molecule has 154 valence electrons. The van der Waals surface area contributed by atoms with E-state index in [1.54, 1.807) is 45.0 Å². The number of amides is 1. The third kappa shape index (κ3) is 4.13. The molecule has 0 aliphatic heterocycles. The second-order valence-electron chi connectivity index (χ2n) is 7.66. The number of hydrogen-bond donors (Lipinski definition) is 1. The first-order valence-corrected chi connectivity index (χ1v) is 11.0. The van der Waals surface area contributed by atoms with Crippen LogP contribution in [0, 0.1) is 6.92 Å². The molecular formula is C19H21BrN4O4S. The molecule has 0 saturated heterocycles. The quantitative estimate of drug-likeness (QED) is 0.604. The lowest BCUT2D eigenvalue weighted by atomic mass is 10.1. The zero-order valence-electron chi connectivity index (χ0n) is 16.4. The summed E-state index contributed by atoms with van der Waals surface area (Å²) in [4.78, 5) is 21.7. The van der Waals surface area contributed by atoms with Gasteiger partial charge in [-0.1, -0.05) is 17.7 Å². The van der Waals surface area contributed by atoms with Gasteiger partial charge in [-0.2, -0.15) is 0 Å². The lowest BCUT2D eigenvalue weighted by Gasteiger charge is -2.32. The van der Waals surface area contributed by atoms with Gasteiger partial charge in [0.05, 0.1) is 27.8 Å². The molecule has 0 unspecified atom stereocenters. The summed E-state index contributed by atoms with van der Waals surface area (Å²) < 4.78 is 27.6. The van der Waals surface area contributed by atoms with E-state index in [4.69, 9.17) is 0 Å². The Kier molecular flexibility index (Phi) is 5.44. The van der Waals surface area contributed by atoms with Crippen molar-refractivity contribution < 1.29 is 18.3 Å². The molecule has 2 heterocycles. The Bertz CT molecular complexity index is 1180. The van der Waals surface area contributed by atoms with E-state index in [1.165, 1.54) is 17.3 Å². The molecule has 8 nitrogen and oxygen atoms in total. The Morgan fingerprint density at radius 1 is 1.24 bits per heavy atom. The van der Waals surface area contributed by atoms with Crippen molar-refractivity contribution in [1.29, 1.82) is 0 Å². The Hall–Kier alpha value is -2.46. The molecule has 2 aromatic heterocycles. The average molecular weight is 481 g/mol. The van der Waals surface area contributed by atoms with E-state index in [9.17, 15) is 18.3 Å². The summed E-state index contributed by atoms with van der Waals surface area (Å²) in [7, 11) is -3.85. The third-order valence-corrected chi connectivity index (χ3v) is 6.65. The van der Waals surface area contributed by atoms with Gasteiger partial charge in [-0.3, -0.25) is 4.90 Å². The fraction of sp³-hybridized carbons (Fsp3) is 0.316. The topological polar surface area (TPSA) is 105 Å². The highest BCUT2D eigenvalue weighted by atomic mass is 79.9. The van der Waals surface area contributed by atoms with Crippen molar-refractivity contribution in [2.45, 2.75) is 44.7 Å². The Morgan fingerprint density at radius 2 is 1.86 bits per heavy atom. The second-order valence-corrected chi connectivity index (χ2v) is 10.3. The van der Waals surface area contributed by atoms with Crippen LogP contribution in [0.1, 0.15) is 32.0 Å². The summed E-state index contributed by atoms with van der Waals surface area (Å²) in [5.74, 6) is 0. The monoisotopic (exact) mass is 480 g/mol. The minimum absolute atomic E-state index is 0.0319. The minimum Gasteiger partial charge on any atom is -0.465 e. The van der Waals surface area contributed by atoms with Crippen LogP contribution < -0.4 is 0 Å². The van der Waals surface area contributed by atoms with Crippen LogP contribution in [-0.4, -0.2) is 44.0 Å². The maximum absolute atomic E-state index is 13.0. The van der Waals surface area contributed by atoms with Crippen LogP contribution in [0.15, 0.2) is 46.0 Å². The predicted molar refractivity (Wildman–Crippen MR) is 112 cm³/mol. The number of hydrogen-bond acceptors (Lipinski definition) is 5. The van der Waals surface area contributed by atoms with Crippen LogP contribution in [0.5, 0.6) is 0 Å². The van der Waals surface area contributed by atoms with Gasteiger partial charge in [0.1, 0.15) is 5.52 Å². The normalized spacial score (nSPS) is 12.3. The highest BCUT2D eigenvalue weighted by Crippen LogP contribution is 2.28. The van der Waals surface area contributed by atoms with Crippen molar-refractivity contribution in [3.05, 3.63) is 52.4 Å². The van der Waals surface area contributed by atoms with Crippen LogP contribution in [0.4, 0.5) is 4.79 Å². The van der Waals surface area contributed by atoms with E-state index < -0.39 is 21.7 Å². The molecule has 0 spiro atoms. The van der Waals surface area contributed by atoms with Gasteiger partial charge in [0.15, 0.2) is 5.65 Å². The molecular weight excluding hydrogens is 460 g/mol. The fourth-order valence-electron chi connectivity index (χ4n) is 2.80. The molecule has 0 aliphatic rings. The van der Waals surface area contributed by atoms with Crippen LogP contribution in [0.2, 0.25) is 0 Å². The van der Waals surface area contributed by atoms with Crippen molar-refractivity contribution in [2.24, 2.45) is 0 Å². The number of benzene rings is 1. The second kappa shape index (κ2) is 7.42. The number of carboxylic acid groups (broad SMARTS) is 1.